The highest BCUT2D eigenvalue weighted by molar-refractivity contribution is 7.92. The van der Waals surface area contributed by atoms with Crippen molar-refractivity contribution in [2.75, 3.05) is 17.1 Å². The van der Waals surface area contributed by atoms with E-state index in [1.54, 1.807) is 62.6 Å². The predicted molar refractivity (Wildman–Crippen MR) is 120 cm³/mol. The fourth-order valence-corrected chi connectivity index (χ4v) is 3.94. The smallest absolute Gasteiger partial charge is 0.265 e. The van der Waals surface area contributed by atoms with E-state index in [0.29, 0.717) is 22.2 Å². The second-order valence-corrected chi connectivity index (χ2v) is 8.62. The fraction of sp³-hybridized carbons (Fsp3) is 0.136. The van der Waals surface area contributed by atoms with Crippen molar-refractivity contribution in [1.29, 1.82) is 0 Å². The lowest BCUT2D eigenvalue weighted by atomic mass is 10.3. The van der Waals surface area contributed by atoms with Gasteiger partial charge in [-0.25, -0.2) is 8.42 Å². The Bertz CT molecular complexity index is 1150. The van der Waals surface area contributed by atoms with E-state index >= 15 is 0 Å². The lowest BCUT2D eigenvalue weighted by molar-refractivity contribution is -0.122. The second kappa shape index (κ2) is 9.72. The fourth-order valence-electron chi connectivity index (χ4n) is 2.62. The summed E-state index contributed by atoms with van der Waals surface area (Å²) in [5, 5.41) is 2.99. The summed E-state index contributed by atoms with van der Waals surface area (Å²) < 4.78 is 38.3. The molecule has 0 saturated heterocycles. The first-order valence-electron chi connectivity index (χ1n) is 9.27. The molecule has 3 rings (SSSR count). The van der Waals surface area contributed by atoms with Gasteiger partial charge in [0, 0.05) is 5.69 Å². The lowest BCUT2D eigenvalue weighted by Crippen LogP contribution is -2.30. The van der Waals surface area contributed by atoms with E-state index in [-0.39, 0.29) is 16.5 Å². The van der Waals surface area contributed by atoms with Crippen LogP contribution in [0.3, 0.4) is 0 Å². The Hall–Kier alpha value is -3.23. The third-order valence-electron chi connectivity index (χ3n) is 4.29. The largest absolute Gasteiger partial charge is 0.497 e. The van der Waals surface area contributed by atoms with Gasteiger partial charge in [0.15, 0.2) is 6.10 Å². The van der Waals surface area contributed by atoms with Crippen LogP contribution in [-0.4, -0.2) is 27.5 Å². The molecule has 1 amide bonds. The van der Waals surface area contributed by atoms with Gasteiger partial charge in [0.2, 0.25) is 0 Å². The molecule has 162 valence electrons. The number of hydrogen-bond donors (Lipinski definition) is 2. The van der Waals surface area contributed by atoms with Gasteiger partial charge in [-0.15, -0.1) is 0 Å². The number of amides is 1. The maximum absolute atomic E-state index is 12.6. The molecule has 0 aliphatic carbocycles. The van der Waals surface area contributed by atoms with Crippen molar-refractivity contribution in [3.63, 3.8) is 0 Å². The van der Waals surface area contributed by atoms with E-state index in [0.717, 1.165) is 0 Å². The normalized spacial score (nSPS) is 12.0. The maximum atomic E-state index is 12.6. The molecule has 0 aliphatic heterocycles. The molecule has 31 heavy (non-hydrogen) atoms. The van der Waals surface area contributed by atoms with Gasteiger partial charge < -0.3 is 14.8 Å². The summed E-state index contributed by atoms with van der Waals surface area (Å²) in [6.45, 7) is 1.62. The van der Waals surface area contributed by atoms with Crippen LogP contribution in [-0.2, 0) is 14.8 Å². The molecular weight excluding hydrogens is 440 g/mol. The number of anilines is 2. The Kier molecular flexibility index (Phi) is 7.04. The summed E-state index contributed by atoms with van der Waals surface area (Å²) in [4.78, 5) is 12.4. The van der Waals surface area contributed by atoms with Crippen molar-refractivity contribution in [2.45, 2.75) is 17.9 Å². The minimum Gasteiger partial charge on any atom is -0.497 e. The zero-order valence-electron chi connectivity index (χ0n) is 16.8. The minimum atomic E-state index is -3.83. The molecule has 1 atom stereocenters. The van der Waals surface area contributed by atoms with E-state index in [9.17, 15) is 13.2 Å². The number of methoxy groups -OCH3 is 1. The lowest BCUT2D eigenvalue weighted by Gasteiger charge is -2.15. The van der Waals surface area contributed by atoms with Gasteiger partial charge >= 0.3 is 0 Å². The molecule has 3 aromatic carbocycles. The number of rotatable bonds is 8. The molecule has 0 unspecified atom stereocenters. The van der Waals surface area contributed by atoms with Gasteiger partial charge in [0.25, 0.3) is 15.9 Å². The highest BCUT2D eigenvalue weighted by Crippen LogP contribution is 2.25. The maximum Gasteiger partial charge on any atom is 0.265 e. The quantitative estimate of drug-likeness (QED) is 0.514. The number of ether oxygens (including phenoxy) is 2. The van der Waals surface area contributed by atoms with Crippen molar-refractivity contribution >= 4 is 38.9 Å². The van der Waals surface area contributed by atoms with Crippen LogP contribution in [0.5, 0.6) is 11.5 Å². The van der Waals surface area contributed by atoms with Gasteiger partial charge in [-0.2, -0.15) is 0 Å². The van der Waals surface area contributed by atoms with Crippen molar-refractivity contribution < 1.29 is 22.7 Å². The molecule has 0 bridgehead atoms. The minimum absolute atomic E-state index is 0.0351. The van der Waals surface area contributed by atoms with Crippen LogP contribution in [0.25, 0.3) is 0 Å². The second-order valence-electron chi connectivity index (χ2n) is 6.53. The average molecular weight is 461 g/mol. The standard InChI is InChI=1S/C22H21ClN2O5S/c1-15(30-18-11-9-17(29-2)10-12-18)22(26)24-16-7-13-19(14-8-16)31(27,28)25-21-6-4-3-5-20(21)23/h3-15,25H,1-2H3,(H,24,26)/t15-/m0/s1. The van der Waals surface area contributed by atoms with Crippen molar-refractivity contribution in [1.82, 2.24) is 0 Å². The molecule has 2 N–H and O–H groups in total. The summed E-state index contributed by atoms with van der Waals surface area (Å²) >= 11 is 6.01. The van der Waals surface area contributed by atoms with Crippen molar-refractivity contribution in [3.8, 4) is 11.5 Å². The number of sulfonamides is 1. The number of carbonyl (C=O) groups excluding carboxylic acids is 1. The summed E-state index contributed by atoms with van der Waals surface area (Å²) in [5.41, 5.74) is 0.720. The van der Waals surface area contributed by atoms with Gasteiger partial charge in [0.05, 0.1) is 22.7 Å². The SMILES string of the molecule is COc1ccc(O[C@@H](C)C(=O)Nc2ccc(S(=O)(=O)Nc3ccccc3Cl)cc2)cc1. The number of hydrogen-bond acceptors (Lipinski definition) is 5. The highest BCUT2D eigenvalue weighted by Gasteiger charge is 2.18. The Morgan fingerprint density at radius 2 is 1.55 bits per heavy atom. The van der Waals surface area contributed by atoms with Crippen LogP contribution in [0.1, 0.15) is 6.92 Å². The summed E-state index contributed by atoms with van der Waals surface area (Å²) in [6, 6.07) is 19.2. The van der Waals surface area contributed by atoms with E-state index in [4.69, 9.17) is 21.1 Å². The first-order valence-corrected chi connectivity index (χ1v) is 11.1. The number of carbonyl (C=O) groups is 1. The van der Waals surface area contributed by atoms with Gasteiger partial charge in [-0.1, -0.05) is 23.7 Å². The Labute approximate surface area is 186 Å². The van der Waals surface area contributed by atoms with Gasteiger partial charge in [-0.3, -0.25) is 9.52 Å². The van der Waals surface area contributed by atoms with Crippen LogP contribution >= 0.6 is 11.6 Å². The Morgan fingerprint density at radius 1 is 0.935 bits per heavy atom. The number of nitrogens with one attached hydrogen (secondary N) is 2. The Morgan fingerprint density at radius 3 is 2.16 bits per heavy atom. The van der Waals surface area contributed by atoms with Crippen molar-refractivity contribution in [3.05, 3.63) is 77.8 Å². The van der Waals surface area contributed by atoms with Crippen LogP contribution in [0, 0.1) is 0 Å². The molecule has 0 aliphatic rings. The average Bonchev–Trinajstić information content (AvgIpc) is 2.76. The van der Waals surface area contributed by atoms with E-state index < -0.39 is 16.1 Å². The Balaban J connectivity index is 1.62. The molecule has 9 heteroatoms. The van der Waals surface area contributed by atoms with E-state index in [2.05, 4.69) is 10.0 Å². The highest BCUT2D eigenvalue weighted by atomic mass is 35.5. The van der Waals surface area contributed by atoms with Crippen LogP contribution in [0.4, 0.5) is 11.4 Å². The summed E-state index contributed by atoms with van der Waals surface area (Å²) in [5.74, 6) is 0.833. The number of halogens is 1. The zero-order valence-corrected chi connectivity index (χ0v) is 18.4. The topological polar surface area (TPSA) is 93.7 Å². The molecule has 0 radical (unpaired) electrons. The third kappa shape index (κ3) is 5.90. The molecule has 3 aromatic rings. The van der Waals surface area contributed by atoms with Gasteiger partial charge in [-0.05, 0) is 67.6 Å². The first-order chi connectivity index (χ1) is 14.8. The zero-order chi connectivity index (χ0) is 22.4. The number of para-hydroxylation sites is 1. The van der Waals surface area contributed by atoms with E-state index in [1.165, 1.54) is 24.3 Å². The van der Waals surface area contributed by atoms with Crippen LogP contribution in [0.2, 0.25) is 5.02 Å². The van der Waals surface area contributed by atoms with Crippen LogP contribution in [0.15, 0.2) is 77.7 Å². The predicted octanol–water partition coefficient (Wildman–Crippen LogP) is 4.56. The van der Waals surface area contributed by atoms with Gasteiger partial charge in [0.1, 0.15) is 11.5 Å². The molecule has 0 spiro atoms. The molecule has 7 nitrogen and oxygen atoms in total. The van der Waals surface area contributed by atoms with E-state index in [1.807, 2.05) is 0 Å². The number of benzene rings is 3. The van der Waals surface area contributed by atoms with Crippen molar-refractivity contribution in [2.24, 2.45) is 0 Å². The molecule has 0 heterocycles. The first kappa shape index (κ1) is 22.5. The summed E-state index contributed by atoms with van der Waals surface area (Å²) in [7, 11) is -2.26. The molecule has 0 saturated carbocycles. The summed E-state index contributed by atoms with van der Waals surface area (Å²) in [6.07, 6.45) is -0.765. The third-order valence-corrected chi connectivity index (χ3v) is 6.00. The monoisotopic (exact) mass is 460 g/mol. The molecule has 0 fully saturated rings. The molecule has 0 aromatic heterocycles. The molecular formula is C22H21ClN2O5S. The van der Waals surface area contributed by atoms with Crippen LogP contribution < -0.4 is 19.5 Å².